The summed E-state index contributed by atoms with van der Waals surface area (Å²) in [4.78, 5) is 16.6. The number of nitrogens with zero attached hydrogens (tertiary/aromatic N) is 1. The molecule has 2 heterocycles. The van der Waals surface area contributed by atoms with Gasteiger partial charge < -0.3 is 10.6 Å². The van der Waals surface area contributed by atoms with Gasteiger partial charge in [0.25, 0.3) is 0 Å². The number of hydrogen-bond donors (Lipinski definition) is 2. The highest BCUT2D eigenvalue weighted by molar-refractivity contribution is 5.95. The van der Waals surface area contributed by atoms with E-state index in [0.29, 0.717) is 6.04 Å². The maximum atomic E-state index is 12.3. The van der Waals surface area contributed by atoms with Crippen LogP contribution in [0.4, 0.5) is 5.69 Å². The number of benzene rings is 1. The van der Waals surface area contributed by atoms with E-state index in [2.05, 4.69) is 22.5 Å². The van der Waals surface area contributed by atoms with Crippen molar-refractivity contribution in [1.82, 2.24) is 10.3 Å². The number of carbonyl (C=O) groups excluding carboxylic acids is 1. The lowest BCUT2D eigenvalue weighted by Crippen LogP contribution is -2.40. The number of pyridine rings is 1. The summed E-state index contributed by atoms with van der Waals surface area (Å²) in [5.41, 5.74) is 1.79. The number of amides is 1. The third-order valence-corrected chi connectivity index (χ3v) is 3.86. The third kappa shape index (κ3) is 2.80. The topological polar surface area (TPSA) is 54.0 Å². The van der Waals surface area contributed by atoms with E-state index in [9.17, 15) is 4.79 Å². The van der Waals surface area contributed by atoms with Crippen molar-refractivity contribution in [3.05, 3.63) is 36.5 Å². The molecule has 2 unspecified atom stereocenters. The van der Waals surface area contributed by atoms with Gasteiger partial charge in [0.2, 0.25) is 5.91 Å². The van der Waals surface area contributed by atoms with Gasteiger partial charge >= 0.3 is 0 Å². The van der Waals surface area contributed by atoms with E-state index in [1.165, 1.54) is 0 Å². The van der Waals surface area contributed by atoms with Crippen molar-refractivity contribution >= 4 is 22.5 Å². The average Bonchev–Trinajstić information content (AvgIpc) is 2.47. The predicted molar refractivity (Wildman–Crippen MR) is 80.6 cm³/mol. The van der Waals surface area contributed by atoms with Crippen molar-refractivity contribution in [3.8, 4) is 0 Å². The van der Waals surface area contributed by atoms with Crippen LogP contribution in [0, 0.1) is 5.92 Å². The van der Waals surface area contributed by atoms with Gasteiger partial charge in [0.05, 0.1) is 5.52 Å². The van der Waals surface area contributed by atoms with Crippen molar-refractivity contribution in [2.75, 3.05) is 11.9 Å². The van der Waals surface area contributed by atoms with E-state index in [4.69, 9.17) is 0 Å². The van der Waals surface area contributed by atoms with Crippen molar-refractivity contribution in [2.45, 2.75) is 25.8 Å². The number of carbonyl (C=O) groups is 1. The van der Waals surface area contributed by atoms with Gasteiger partial charge in [-0.15, -0.1) is 0 Å². The van der Waals surface area contributed by atoms with Crippen LogP contribution in [0.5, 0.6) is 0 Å². The van der Waals surface area contributed by atoms with Crippen LogP contribution in [-0.2, 0) is 4.79 Å². The molecule has 1 aromatic carbocycles. The molecule has 20 heavy (non-hydrogen) atoms. The molecular formula is C16H19N3O. The number of anilines is 1. The molecule has 2 atom stereocenters. The van der Waals surface area contributed by atoms with Crippen LogP contribution < -0.4 is 10.6 Å². The number of rotatable bonds is 2. The van der Waals surface area contributed by atoms with Gasteiger partial charge in [0.1, 0.15) is 0 Å². The Balaban J connectivity index is 1.73. The van der Waals surface area contributed by atoms with Gasteiger partial charge in [0.15, 0.2) is 0 Å². The summed E-state index contributed by atoms with van der Waals surface area (Å²) >= 11 is 0. The Bertz CT molecular complexity index is 626. The fourth-order valence-electron chi connectivity index (χ4n) is 2.77. The first kappa shape index (κ1) is 13.1. The van der Waals surface area contributed by atoms with E-state index in [-0.39, 0.29) is 11.8 Å². The van der Waals surface area contributed by atoms with Crippen LogP contribution in [0.15, 0.2) is 36.5 Å². The predicted octanol–water partition coefficient (Wildman–Crippen LogP) is 2.56. The van der Waals surface area contributed by atoms with Crippen LogP contribution in [0.2, 0.25) is 0 Å². The first-order valence-corrected chi connectivity index (χ1v) is 7.11. The second-order valence-electron chi connectivity index (χ2n) is 5.48. The van der Waals surface area contributed by atoms with E-state index in [0.717, 1.165) is 36.0 Å². The number of fused-ring (bicyclic) bond motifs is 1. The Labute approximate surface area is 118 Å². The summed E-state index contributed by atoms with van der Waals surface area (Å²) < 4.78 is 0. The molecule has 2 aromatic rings. The third-order valence-electron chi connectivity index (χ3n) is 3.86. The smallest absolute Gasteiger partial charge is 0.227 e. The van der Waals surface area contributed by atoms with E-state index < -0.39 is 0 Å². The molecule has 1 aromatic heterocycles. The summed E-state index contributed by atoms with van der Waals surface area (Å²) in [5, 5.41) is 7.44. The number of aromatic nitrogens is 1. The first-order chi connectivity index (χ1) is 9.72. The summed E-state index contributed by atoms with van der Waals surface area (Å²) in [6.45, 7) is 3.04. The van der Waals surface area contributed by atoms with Gasteiger partial charge in [-0.3, -0.25) is 9.78 Å². The fourth-order valence-corrected chi connectivity index (χ4v) is 2.77. The molecule has 1 fully saturated rings. The first-order valence-electron chi connectivity index (χ1n) is 7.11. The second-order valence-corrected chi connectivity index (χ2v) is 5.48. The molecule has 0 radical (unpaired) electrons. The minimum absolute atomic E-state index is 0.107. The molecule has 1 aliphatic heterocycles. The second kappa shape index (κ2) is 5.59. The lowest BCUT2D eigenvalue weighted by atomic mass is 9.92. The van der Waals surface area contributed by atoms with Crippen LogP contribution in [0.1, 0.15) is 19.8 Å². The van der Waals surface area contributed by atoms with E-state index in [1.807, 2.05) is 30.3 Å². The van der Waals surface area contributed by atoms with Gasteiger partial charge in [-0.2, -0.15) is 0 Å². The Morgan fingerprint density at radius 1 is 1.40 bits per heavy atom. The van der Waals surface area contributed by atoms with Crippen LogP contribution in [-0.4, -0.2) is 23.5 Å². The maximum absolute atomic E-state index is 12.3. The number of nitrogens with one attached hydrogen (secondary N) is 2. The fraction of sp³-hybridized carbons (Fsp3) is 0.375. The van der Waals surface area contributed by atoms with Crippen molar-refractivity contribution in [1.29, 1.82) is 0 Å². The van der Waals surface area contributed by atoms with Gasteiger partial charge in [-0.25, -0.2) is 0 Å². The SMILES string of the molecule is CC1CC(C(=O)Nc2ccc3ncccc3c2)CCN1. The lowest BCUT2D eigenvalue weighted by Gasteiger charge is -2.27. The minimum atomic E-state index is 0.107. The summed E-state index contributed by atoms with van der Waals surface area (Å²) in [7, 11) is 0. The van der Waals surface area contributed by atoms with Crippen LogP contribution in [0.25, 0.3) is 10.9 Å². The molecule has 104 valence electrons. The molecule has 3 rings (SSSR count). The normalized spacial score (nSPS) is 22.6. The highest BCUT2D eigenvalue weighted by Gasteiger charge is 2.24. The molecule has 2 N–H and O–H groups in total. The molecule has 4 nitrogen and oxygen atoms in total. The largest absolute Gasteiger partial charge is 0.326 e. The van der Waals surface area contributed by atoms with Crippen molar-refractivity contribution in [2.24, 2.45) is 5.92 Å². The molecule has 0 bridgehead atoms. The summed E-state index contributed by atoms with van der Waals surface area (Å²) in [5.74, 6) is 0.234. The van der Waals surface area contributed by atoms with Gasteiger partial charge in [-0.05, 0) is 50.6 Å². The minimum Gasteiger partial charge on any atom is -0.326 e. The van der Waals surface area contributed by atoms with Gasteiger partial charge in [0, 0.05) is 29.2 Å². The quantitative estimate of drug-likeness (QED) is 0.881. The zero-order valence-electron chi connectivity index (χ0n) is 11.6. The lowest BCUT2D eigenvalue weighted by molar-refractivity contribution is -0.120. The molecule has 1 saturated heterocycles. The molecule has 1 amide bonds. The van der Waals surface area contributed by atoms with Crippen molar-refractivity contribution < 1.29 is 4.79 Å². The summed E-state index contributed by atoms with van der Waals surface area (Å²) in [6.07, 6.45) is 3.59. The zero-order chi connectivity index (χ0) is 13.9. The monoisotopic (exact) mass is 269 g/mol. The van der Waals surface area contributed by atoms with Crippen molar-refractivity contribution in [3.63, 3.8) is 0 Å². The highest BCUT2D eigenvalue weighted by atomic mass is 16.1. The molecule has 1 aliphatic rings. The molecule has 0 spiro atoms. The highest BCUT2D eigenvalue weighted by Crippen LogP contribution is 2.21. The number of piperidine rings is 1. The molecule has 0 saturated carbocycles. The standard InChI is InChI=1S/C16H19N3O/c1-11-9-13(6-8-17-11)16(20)19-14-4-5-15-12(10-14)3-2-7-18-15/h2-5,7,10-11,13,17H,6,8-9H2,1H3,(H,19,20). The Morgan fingerprint density at radius 3 is 3.15 bits per heavy atom. The molecular weight excluding hydrogens is 250 g/mol. The van der Waals surface area contributed by atoms with Crippen LogP contribution in [0.3, 0.4) is 0 Å². The molecule has 0 aliphatic carbocycles. The Kier molecular flexibility index (Phi) is 3.65. The van der Waals surface area contributed by atoms with Gasteiger partial charge in [-0.1, -0.05) is 6.07 Å². The Morgan fingerprint density at radius 2 is 2.30 bits per heavy atom. The van der Waals surface area contributed by atoms with Crippen LogP contribution >= 0.6 is 0 Å². The average molecular weight is 269 g/mol. The van der Waals surface area contributed by atoms with E-state index >= 15 is 0 Å². The summed E-state index contributed by atoms with van der Waals surface area (Å²) in [6, 6.07) is 10.2. The molecule has 4 heteroatoms. The Hall–Kier alpha value is -1.94. The zero-order valence-corrected chi connectivity index (χ0v) is 11.6. The van der Waals surface area contributed by atoms with E-state index in [1.54, 1.807) is 6.20 Å². The number of hydrogen-bond acceptors (Lipinski definition) is 3. The maximum Gasteiger partial charge on any atom is 0.227 e.